The van der Waals surface area contributed by atoms with Crippen molar-refractivity contribution in [1.29, 1.82) is 0 Å². The second-order valence-corrected chi connectivity index (χ2v) is 8.26. The van der Waals surface area contributed by atoms with E-state index in [1.807, 2.05) is 20.2 Å². The van der Waals surface area contributed by atoms with Gasteiger partial charge in [-0.25, -0.2) is 8.42 Å². The summed E-state index contributed by atoms with van der Waals surface area (Å²) in [5.74, 6) is 0.196. The van der Waals surface area contributed by atoms with Gasteiger partial charge in [-0.1, -0.05) is 18.2 Å². The third kappa shape index (κ3) is 3.11. The van der Waals surface area contributed by atoms with Gasteiger partial charge in [0.1, 0.15) is 0 Å². The summed E-state index contributed by atoms with van der Waals surface area (Å²) in [7, 11) is 2.19. The molecule has 0 unspecified atom stereocenters. The predicted octanol–water partition coefficient (Wildman–Crippen LogP) is 2.53. The lowest BCUT2D eigenvalue weighted by molar-refractivity contribution is 0.0455. The van der Waals surface area contributed by atoms with Crippen LogP contribution in [0, 0.1) is 0 Å². The molecule has 0 spiro atoms. The van der Waals surface area contributed by atoms with Crippen molar-refractivity contribution in [1.82, 2.24) is 9.21 Å². The molecule has 0 aromatic heterocycles. The third-order valence-corrected chi connectivity index (χ3v) is 6.75. The van der Waals surface area contributed by atoms with Gasteiger partial charge in [0.15, 0.2) is 0 Å². The van der Waals surface area contributed by atoms with Crippen molar-refractivity contribution in [3.05, 3.63) is 29.8 Å². The summed E-state index contributed by atoms with van der Waals surface area (Å²) < 4.78 is 27.1. The van der Waals surface area contributed by atoms with Gasteiger partial charge in [0.25, 0.3) is 0 Å². The summed E-state index contributed by atoms with van der Waals surface area (Å²) in [6.07, 6.45) is 3.23. The summed E-state index contributed by atoms with van der Waals surface area (Å²) >= 11 is 5.87. The molecule has 21 heavy (non-hydrogen) atoms. The molecular weight excluding hydrogens is 308 g/mol. The largest absolute Gasteiger partial charge is 0.302 e. The number of likely N-dealkylation sites (N-methyl/N-ethyl adjacent to an activating group) is 2. The van der Waals surface area contributed by atoms with E-state index in [4.69, 9.17) is 11.6 Å². The van der Waals surface area contributed by atoms with Crippen LogP contribution in [0.4, 0.5) is 0 Å². The molecule has 0 N–H and O–H groups in total. The molecule has 1 saturated carbocycles. The molecule has 1 aromatic carbocycles. The van der Waals surface area contributed by atoms with Gasteiger partial charge in [-0.3, -0.25) is 0 Å². The van der Waals surface area contributed by atoms with E-state index in [9.17, 15) is 8.42 Å². The molecule has 2 rings (SSSR count). The Labute approximate surface area is 132 Å². The van der Waals surface area contributed by atoms with E-state index in [0.29, 0.717) is 17.0 Å². The van der Waals surface area contributed by atoms with Crippen molar-refractivity contribution in [2.24, 2.45) is 0 Å². The molecule has 1 fully saturated rings. The van der Waals surface area contributed by atoms with Crippen molar-refractivity contribution in [3.63, 3.8) is 0 Å². The van der Waals surface area contributed by atoms with Crippen molar-refractivity contribution in [2.45, 2.75) is 35.6 Å². The number of nitrogens with zero attached hydrogens (tertiary/aromatic N) is 2. The van der Waals surface area contributed by atoms with Gasteiger partial charge >= 0.3 is 0 Å². The molecule has 0 saturated heterocycles. The molecule has 6 heteroatoms. The SMILES string of the molecule is CN(C)C1(CN(C)S(=O)(=O)c2ccccc2CCl)CCC1. The number of rotatable bonds is 6. The first kappa shape index (κ1) is 16.7. The van der Waals surface area contributed by atoms with Crippen molar-refractivity contribution in [3.8, 4) is 0 Å². The Hall–Kier alpha value is -0.620. The topological polar surface area (TPSA) is 40.6 Å². The van der Waals surface area contributed by atoms with Gasteiger partial charge in [0, 0.05) is 25.0 Å². The monoisotopic (exact) mass is 330 g/mol. The van der Waals surface area contributed by atoms with Crippen LogP contribution in [0.1, 0.15) is 24.8 Å². The van der Waals surface area contributed by atoms with Crippen LogP contribution in [-0.2, 0) is 15.9 Å². The van der Waals surface area contributed by atoms with Crippen LogP contribution >= 0.6 is 11.6 Å². The second-order valence-electron chi connectivity index (χ2n) is 5.97. The average molecular weight is 331 g/mol. The molecule has 118 valence electrons. The van der Waals surface area contributed by atoms with E-state index >= 15 is 0 Å². The van der Waals surface area contributed by atoms with Gasteiger partial charge in [0.2, 0.25) is 10.0 Å². The highest BCUT2D eigenvalue weighted by molar-refractivity contribution is 7.89. The lowest BCUT2D eigenvalue weighted by atomic mass is 9.75. The van der Waals surface area contributed by atoms with E-state index < -0.39 is 10.0 Å². The van der Waals surface area contributed by atoms with E-state index in [1.54, 1.807) is 25.2 Å². The maximum Gasteiger partial charge on any atom is 0.243 e. The standard InChI is InChI=1S/C15H23ClN2O2S/c1-17(2)15(9-6-10-15)12-18(3)21(19,20)14-8-5-4-7-13(14)11-16/h4-5,7-8H,6,9-12H2,1-3H3. The first-order valence-corrected chi connectivity index (χ1v) is 9.08. The summed E-state index contributed by atoms with van der Waals surface area (Å²) in [6.45, 7) is 0.513. The lowest BCUT2D eigenvalue weighted by Crippen LogP contribution is -2.57. The van der Waals surface area contributed by atoms with Gasteiger partial charge in [-0.15, -0.1) is 11.6 Å². The Morgan fingerprint density at radius 3 is 2.29 bits per heavy atom. The van der Waals surface area contributed by atoms with Crippen molar-refractivity contribution in [2.75, 3.05) is 27.7 Å². The van der Waals surface area contributed by atoms with Crippen LogP contribution in [0.3, 0.4) is 0 Å². The summed E-state index contributed by atoms with van der Waals surface area (Å²) in [5.41, 5.74) is 0.621. The molecule has 1 aliphatic carbocycles. The molecule has 0 atom stereocenters. The zero-order chi connectivity index (χ0) is 15.7. The maximum atomic E-state index is 12.8. The third-order valence-electron chi connectivity index (χ3n) is 4.55. The highest BCUT2D eigenvalue weighted by Crippen LogP contribution is 2.37. The Kier molecular flexibility index (Phi) is 4.98. The Balaban J connectivity index is 2.27. The van der Waals surface area contributed by atoms with E-state index in [1.165, 1.54) is 4.31 Å². The molecule has 1 aromatic rings. The van der Waals surface area contributed by atoms with Crippen LogP contribution in [0.25, 0.3) is 0 Å². The fraction of sp³-hybridized carbons (Fsp3) is 0.600. The van der Waals surface area contributed by atoms with Crippen LogP contribution in [0.5, 0.6) is 0 Å². The maximum absolute atomic E-state index is 12.8. The summed E-state index contributed by atoms with van der Waals surface area (Å²) in [6, 6.07) is 6.94. The fourth-order valence-corrected chi connectivity index (χ4v) is 4.65. The highest BCUT2D eigenvalue weighted by atomic mass is 35.5. The highest BCUT2D eigenvalue weighted by Gasteiger charge is 2.42. The second kappa shape index (κ2) is 6.24. The van der Waals surface area contributed by atoms with Gasteiger partial charge in [-0.05, 0) is 45.0 Å². The van der Waals surface area contributed by atoms with Crippen molar-refractivity contribution >= 4 is 21.6 Å². The van der Waals surface area contributed by atoms with Crippen LogP contribution in [0.2, 0.25) is 0 Å². The minimum Gasteiger partial charge on any atom is -0.302 e. The quantitative estimate of drug-likeness (QED) is 0.753. The first-order valence-electron chi connectivity index (χ1n) is 7.11. The number of hydrogen-bond acceptors (Lipinski definition) is 3. The average Bonchev–Trinajstić information content (AvgIpc) is 2.41. The molecule has 1 aliphatic rings. The number of sulfonamides is 1. The number of alkyl halides is 1. The Morgan fingerprint density at radius 2 is 1.81 bits per heavy atom. The van der Waals surface area contributed by atoms with Crippen LogP contribution in [0.15, 0.2) is 29.2 Å². The zero-order valence-corrected chi connectivity index (χ0v) is 14.4. The van der Waals surface area contributed by atoms with Crippen LogP contribution < -0.4 is 0 Å². The minimum atomic E-state index is -3.50. The summed E-state index contributed by atoms with van der Waals surface area (Å²) in [5, 5.41) is 0. The lowest BCUT2D eigenvalue weighted by Gasteiger charge is -2.49. The Bertz CT molecular complexity index is 597. The van der Waals surface area contributed by atoms with E-state index in [-0.39, 0.29) is 11.4 Å². The van der Waals surface area contributed by atoms with E-state index in [0.717, 1.165) is 19.3 Å². The minimum absolute atomic E-state index is 0.0300. The van der Waals surface area contributed by atoms with Crippen LogP contribution in [-0.4, -0.2) is 50.8 Å². The van der Waals surface area contributed by atoms with Gasteiger partial charge in [0.05, 0.1) is 4.90 Å². The molecule has 0 aliphatic heterocycles. The molecule has 4 nitrogen and oxygen atoms in total. The zero-order valence-electron chi connectivity index (χ0n) is 12.8. The smallest absolute Gasteiger partial charge is 0.243 e. The fourth-order valence-electron chi connectivity index (χ4n) is 2.86. The molecule has 0 radical (unpaired) electrons. The Morgan fingerprint density at radius 1 is 1.19 bits per heavy atom. The summed E-state index contributed by atoms with van der Waals surface area (Å²) in [4.78, 5) is 2.46. The first-order chi connectivity index (χ1) is 9.83. The van der Waals surface area contributed by atoms with Crippen molar-refractivity contribution < 1.29 is 8.42 Å². The van der Waals surface area contributed by atoms with E-state index in [2.05, 4.69) is 4.90 Å². The number of hydrogen-bond donors (Lipinski definition) is 0. The molecule has 0 heterocycles. The normalized spacial score (nSPS) is 18.0. The molecule has 0 amide bonds. The predicted molar refractivity (Wildman–Crippen MR) is 86.1 cm³/mol. The number of benzene rings is 1. The molecular formula is C15H23ClN2O2S. The van der Waals surface area contributed by atoms with Gasteiger partial charge < -0.3 is 4.90 Å². The molecule has 0 bridgehead atoms. The number of halogens is 1. The van der Waals surface area contributed by atoms with Gasteiger partial charge in [-0.2, -0.15) is 4.31 Å².